The van der Waals surface area contributed by atoms with Crippen LogP contribution in [0.1, 0.15) is 0 Å². The first kappa shape index (κ1) is 31.6. The lowest BCUT2D eigenvalue weighted by atomic mass is 10.1. The van der Waals surface area contributed by atoms with Gasteiger partial charge in [-0.25, -0.2) is 4.98 Å². The third kappa shape index (κ3) is 4.44. The summed E-state index contributed by atoms with van der Waals surface area (Å²) in [5, 5.41) is 9.25. The molecule has 0 unspecified atom stereocenters. The maximum absolute atomic E-state index is 6.55. The molecule has 0 atom stereocenters. The largest absolute Gasteiger partial charge is 0.455 e. The van der Waals surface area contributed by atoms with Crippen LogP contribution in [0, 0.1) is 0 Å². The third-order valence-corrected chi connectivity index (χ3v) is 12.8. The molecule has 0 spiro atoms. The van der Waals surface area contributed by atoms with Gasteiger partial charge >= 0.3 is 0 Å². The van der Waals surface area contributed by atoms with Crippen molar-refractivity contribution in [1.29, 1.82) is 0 Å². The number of rotatable bonds is 4. The van der Waals surface area contributed by atoms with Crippen LogP contribution < -0.4 is 0 Å². The molecular formula is C51H29N5OS. The van der Waals surface area contributed by atoms with Gasteiger partial charge in [0.2, 0.25) is 5.95 Å². The van der Waals surface area contributed by atoms with Gasteiger partial charge in [-0.1, -0.05) is 121 Å². The van der Waals surface area contributed by atoms with E-state index < -0.39 is 0 Å². The Morgan fingerprint density at radius 1 is 0.397 bits per heavy atom. The van der Waals surface area contributed by atoms with E-state index in [-0.39, 0.29) is 0 Å². The minimum Gasteiger partial charge on any atom is -0.455 e. The topological polar surface area (TPSA) is 61.7 Å². The fraction of sp³-hybridized carbons (Fsp3) is 0. The van der Waals surface area contributed by atoms with Crippen LogP contribution in [0.5, 0.6) is 0 Å². The summed E-state index contributed by atoms with van der Waals surface area (Å²) in [6.07, 6.45) is 0. The molecule has 0 saturated heterocycles. The quantitative estimate of drug-likeness (QED) is 0.179. The molecule has 0 fully saturated rings. The molecule has 0 N–H and O–H groups in total. The van der Waals surface area contributed by atoms with E-state index in [1.165, 1.54) is 37.3 Å². The smallest absolute Gasteiger partial charge is 0.238 e. The fourth-order valence-electron chi connectivity index (χ4n) is 9.07. The van der Waals surface area contributed by atoms with Gasteiger partial charge in [-0.2, -0.15) is 9.97 Å². The van der Waals surface area contributed by atoms with E-state index in [0.717, 1.165) is 65.3 Å². The molecule has 270 valence electrons. The van der Waals surface area contributed by atoms with E-state index in [0.29, 0.717) is 17.6 Å². The minimum atomic E-state index is 0.553. The molecule has 0 saturated carbocycles. The summed E-state index contributed by atoms with van der Waals surface area (Å²) in [5.74, 6) is 1.71. The Bertz CT molecular complexity index is 3720. The lowest BCUT2D eigenvalue weighted by Crippen LogP contribution is -2.06. The minimum absolute atomic E-state index is 0.553. The van der Waals surface area contributed by atoms with Crippen molar-refractivity contribution in [3.05, 3.63) is 176 Å². The first-order chi connectivity index (χ1) is 28.8. The van der Waals surface area contributed by atoms with Gasteiger partial charge in [0.1, 0.15) is 11.2 Å². The maximum Gasteiger partial charge on any atom is 0.238 e. The summed E-state index contributed by atoms with van der Waals surface area (Å²) in [5.41, 5.74) is 8.95. The van der Waals surface area contributed by atoms with Gasteiger partial charge < -0.3 is 8.98 Å². The zero-order valence-corrected chi connectivity index (χ0v) is 31.6. The predicted octanol–water partition coefficient (Wildman–Crippen LogP) is 13.7. The number of nitrogens with zero attached hydrogens (tertiary/aromatic N) is 5. The number of thiophene rings is 1. The third-order valence-electron chi connectivity index (χ3n) is 11.6. The van der Waals surface area contributed by atoms with Crippen molar-refractivity contribution in [1.82, 2.24) is 24.1 Å². The van der Waals surface area contributed by atoms with E-state index in [2.05, 4.69) is 167 Å². The molecule has 0 amide bonds. The zero-order valence-electron chi connectivity index (χ0n) is 30.8. The van der Waals surface area contributed by atoms with Crippen molar-refractivity contribution in [2.24, 2.45) is 0 Å². The first-order valence-electron chi connectivity index (χ1n) is 19.4. The van der Waals surface area contributed by atoms with Crippen molar-refractivity contribution in [2.75, 3.05) is 0 Å². The highest BCUT2D eigenvalue weighted by atomic mass is 32.1. The van der Waals surface area contributed by atoms with Crippen LogP contribution in [0.4, 0.5) is 0 Å². The molecule has 0 bridgehead atoms. The van der Waals surface area contributed by atoms with Crippen LogP contribution in [-0.4, -0.2) is 24.1 Å². The molecular weight excluding hydrogens is 731 g/mol. The molecule has 0 aliphatic heterocycles. The standard InChI is InChI=1S/C51H29N5OS/c1-6-22-41-31(13-1)32-14-2-7-23-42(32)55(41)30-27-28-36-38-19-12-21-40(48(38)58-46(36)29-30)50-52-49(39-20-11-18-37-35-17-5-10-26-45(35)57-47(37)39)53-51(54-50)56-43-24-8-3-15-33(43)34-16-4-9-25-44(34)56/h1-29H. The zero-order chi connectivity index (χ0) is 37.9. The van der Waals surface area contributed by atoms with E-state index in [9.17, 15) is 0 Å². The summed E-state index contributed by atoms with van der Waals surface area (Å²) < 4.78 is 13.4. The van der Waals surface area contributed by atoms with Gasteiger partial charge in [0.25, 0.3) is 0 Å². The highest BCUT2D eigenvalue weighted by Crippen LogP contribution is 2.43. The molecule has 7 heteroatoms. The molecule has 5 aromatic heterocycles. The normalized spacial score (nSPS) is 12.1. The van der Waals surface area contributed by atoms with Crippen molar-refractivity contribution >= 4 is 97.1 Å². The number of para-hydroxylation sites is 6. The second kappa shape index (κ2) is 11.9. The number of fused-ring (bicyclic) bond motifs is 12. The van der Waals surface area contributed by atoms with E-state index in [4.69, 9.17) is 19.4 Å². The van der Waals surface area contributed by atoms with Crippen LogP contribution in [0.25, 0.3) is 120 Å². The molecule has 8 aromatic carbocycles. The Morgan fingerprint density at radius 3 is 1.57 bits per heavy atom. The van der Waals surface area contributed by atoms with Gasteiger partial charge in [0.15, 0.2) is 11.6 Å². The second-order valence-corrected chi connectivity index (χ2v) is 15.8. The summed E-state index contributed by atoms with van der Waals surface area (Å²) in [4.78, 5) is 16.0. The van der Waals surface area contributed by atoms with Crippen molar-refractivity contribution in [3.63, 3.8) is 0 Å². The molecule has 58 heavy (non-hydrogen) atoms. The van der Waals surface area contributed by atoms with Gasteiger partial charge in [-0.05, 0) is 54.6 Å². The molecule has 5 heterocycles. The van der Waals surface area contributed by atoms with E-state index in [1.54, 1.807) is 11.3 Å². The summed E-state index contributed by atoms with van der Waals surface area (Å²) in [6, 6.07) is 61.9. The Balaban J connectivity index is 1.07. The highest BCUT2D eigenvalue weighted by Gasteiger charge is 2.22. The SMILES string of the molecule is c1ccc2c(c1)oc1c(-c3nc(-c4cccc5c4sc4cc(-n6c7ccccc7c7ccccc76)ccc45)nc(-n4c5ccccc5c5ccccc54)n3)cccc12. The maximum atomic E-state index is 6.55. The van der Waals surface area contributed by atoms with E-state index >= 15 is 0 Å². The Kier molecular flexibility index (Phi) is 6.50. The Morgan fingerprint density at radius 2 is 0.914 bits per heavy atom. The average molecular weight is 760 g/mol. The van der Waals surface area contributed by atoms with Crippen LogP contribution in [0.15, 0.2) is 180 Å². The van der Waals surface area contributed by atoms with Gasteiger partial charge in [0, 0.05) is 63.7 Å². The fourth-order valence-corrected chi connectivity index (χ4v) is 10.3. The van der Waals surface area contributed by atoms with Crippen LogP contribution in [-0.2, 0) is 0 Å². The van der Waals surface area contributed by atoms with Crippen molar-refractivity contribution in [2.45, 2.75) is 0 Å². The van der Waals surface area contributed by atoms with Gasteiger partial charge in [-0.3, -0.25) is 4.57 Å². The molecule has 13 rings (SSSR count). The number of hydrogen-bond donors (Lipinski definition) is 0. The number of benzene rings is 8. The predicted molar refractivity (Wildman–Crippen MR) is 240 cm³/mol. The lowest BCUT2D eigenvalue weighted by molar-refractivity contribution is 0.669. The molecule has 0 radical (unpaired) electrons. The lowest BCUT2D eigenvalue weighted by Gasteiger charge is -2.11. The number of aromatic nitrogens is 5. The van der Waals surface area contributed by atoms with Crippen molar-refractivity contribution in [3.8, 4) is 34.4 Å². The van der Waals surface area contributed by atoms with Gasteiger partial charge in [-0.15, -0.1) is 11.3 Å². The molecule has 0 aliphatic rings. The van der Waals surface area contributed by atoms with Gasteiger partial charge in [0.05, 0.1) is 27.6 Å². The Hall–Kier alpha value is -7.61. The average Bonchev–Trinajstić information content (AvgIpc) is 4.03. The summed E-state index contributed by atoms with van der Waals surface area (Å²) in [6.45, 7) is 0. The molecule has 13 aromatic rings. The first-order valence-corrected chi connectivity index (χ1v) is 20.2. The summed E-state index contributed by atoms with van der Waals surface area (Å²) in [7, 11) is 0. The number of hydrogen-bond acceptors (Lipinski definition) is 5. The van der Waals surface area contributed by atoms with Crippen LogP contribution >= 0.6 is 11.3 Å². The highest BCUT2D eigenvalue weighted by molar-refractivity contribution is 7.26. The van der Waals surface area contributed by atoms with Crippen LogP contribution in [0.2, 0.25) is 0 Å². The Labute approximate surface area is 334 Å². The van der Waals surface area contributed by atoms with E-state index in [1.807, 2.05) is 18.2 Å². The number of furan rings is 1. The molecule has 0 aliphatic carbocycles. The monoisotopic (exact) mass is 759 g/mol. The summed E-state index contributed by atoms with van der Waals surface area (Å²) >= 11 is 1.78. The van der Waals surface area contributed by atoms with Crippen LogP contribution in [0.3, 0.4) is 0 Å². The second-order valence-electron chi connectivity index (χ2n) is 14.8. The molecule has 6 nitrogen and oxygen atoms in total. The van der Waals surface area contributed by atoms with Crippen molar-refractivity contribution < 1.29 is 4.42 Å².